The molecule has 0 radical (unpaired) electrons. The van der Waals surface area contributed by atoms with Crippen LogP contribution in [0.2, 0.25) is 0 Å². The minimum Gasteiger partial charge on any atom is -0.384 e. The van der Waals surface area contributed by atoms with E-state index in [9.17, 15) is 0 Å². The van der Waals surface area contributed by atoms with E-state index in [0.717, 1.165) is 49.9 Å². The molecule has 1 N–H and O–H groups in total. The maximum absolute atomic E-state index is 5.93. The van der Waals surface area contributed by atoms with E-state index in [2.05, 4.69) is 70.9 Å². The molecule has 198 valence electrons. The van der Waals surface area contributed by atoms with Crippen molar-refractivity contribution in [2.75, 3.05) is 41.6 Å². The molecule has 1 heterocycles. The van der Waals surface area contributed by atoms with Crippen LogP contribution in [-0.2, 0) is 6.42 Å². The second kappa shape index (κ2) is 18.0. The molecule has 0 spiro atoms. The van der Waals surface area contributed by atoms with Crippen LogP contribution in [0.5, 0.6) is 0 Å². The number of fused-ring (bicyclic) bond motifs is 2. The summed E-state index contributed by atoms with van der Waals surface area (Å²) in [4.78, 5) is 7.04. The number of alkyl halides is 2. The van der Waals surface area contributed by atoms with E-state index >= 15 is 0 Å². The van der Waals surface area contributed by atoms with Crippen LogP contribution in [0.3, 0.4) is 0 Å². The number of pyridine rings is 1. The first-order valence-corrected chi connectivity index (χ1v) is 12.3. The lowest BCUT2D eigenvalue weighted by Crippen LogP contribution is -2.27. The number of aromatic nitrogens is 1. The highest BCUT2D eigenvalue weighted by Crippen LogP contribution is 2.30. The highest BCUT2D eigenvalue weighted by Gasteiger charge is 2.08. The molecule has 0 saturated heterocycles. The molecule has 0 atom stereocenters. The quantitative estimate of drug-likeness (QED) is 0.104. The van der Waals surface area contributed by atoms with Crippen LogP contribution < -0.4 is 10.2 Å². The third kappa shape index (κ3) is 8.90. The number of nitrogens with zero attached hydrogens (tertiary/aromatic N) is 2. The number of hydrogen-bond donors (Lipinski definition) is 1. The molecule has 36 heavy (non-hydrogen) atoms. The smallest absolute Gasteiger partial charge is 0.0730 e. The lowest BCUT2D eigenvalue weighted by Gasteiger charge is -2.23. The van der Waals surface area contributed by atoms with Crippen LogP contribution in [0, 0.1) is 0 Å². The van der Waals surface area contributed by atoms with Gasteiger partial charge in [0.1, 0.15) is 0 Å². The van der Waals surface area contributed by atoms with Gasteiger partial charge in [-0.25, -0.2) is 4.98 Å². The zero-order valence-corrected chi connectivity index (χ0v) is 24.6. The molecule has 0 aliphatic carbocycles. The summed E-state index contributed by atoms with van der Waals surface area (Å²) in [7, 11) is 0. The Hall–Kier alpha value is -1.33. The van der Waals surface area contributed by atoms with Crippen molar-refractivity contribution in [3.63, 3.8) is 0 Å². The van der Waals surface area contributed by atoms with Gasteiger partial charge in [-0.15, -0.1) is 72.8 Å². The molecule has 9 heteroatoms. The van der Waals surface area contributed by atoms with Crippen molar-refractivity contribution >= 4 is 106 Å². The molecule has 0 saturated carbocycles. The molecule has 0 fully saturated rings. The fourth-order valence-corrected chi connectivity index (χ4v) is 4.55. The Balaban J connectivity index is 0.00000306. The predicted octanol–water partition coefficient (Wildman–Crippen LogP) is 8.79. The number of nitrogens with one attached hydrogen (secondary N) is 1. The highest BCUT2D eigenvalue weighted by atomic mass is 35.5. The first-order chi connectivity index (χ1) is 15.8. The molecule has 0 unspecified atom stereocenters. The largest absolute Gasteiger partial charge is 0.384 e. The lowest BCUT2D eigenvalue weighted by atomic mass is 10.1. The van der Waals surface area contributed by atoms with Gasteiger partial charge in [-0.05, 0) is 49.1 Å². The summed E-state index contributed by atoms with van der Waals surface area (Å²) in [6.07, 6.45) is 3.32. The number of rotatable bonds is 11. The summed E-state index contributed by atoms with van der Waals surface area (Å²) in [5, 5.41) is 6.06. The van der Waals surface area contributed by atoms with Crippen LogP contribution in [0.4, 0.5) is 11.4 Å². The Kier molecular flexibility index (Phi) is 17.3. The third-order valence-electron chi connectivity index (χ3n) is 5.79. The molecule has 0 amide bonds. The average molecular weight is 612 g/mol. The summed E-state index contributed by atoms with van der Waals surface area (Å²) in [6.45, 7) is 2.57. The van der Waals surface area contributed by atoms with Crippen LogP contribution in [0.1, 0.15) is 18.4 Å². The number of hydrogen-bond acceptors (Lipinski definition) is 3. The third-order valence-corrected chi connectivity index (χ3v) is 6.13. The summed E-state index contributed by atoms with van der Waals surface area (Å²) < 4.78 is 0. The number of unbranched alkanes of at least 4 members (excludes halogenated alkanes) is 1. The monoisotopic (exact) mass is 609 g/mol. The lowest BCUT2D eigenvalue weighted by molar-refractivity contribution is 0.763. The Morgan fingerprint density at radius 3 is 1.72 bits per heavy atom. The van der Waals surface area contributed by atoms with Gasteiger partial charge in [0.25, 0.3) is 0 Å². The van der Waals surface area contributed by atoms with Gasteiger partial charge in [0.2, 0.25) is 0 Å². The Morgan fingerprint density at radius 1 is 0.667 bits per heavy atom. The fraction of sp³-hybridized carbons (Fsp3) is 0.296. The molecular formula is C27H33Cl6N3. The number of aryl methyl sites for hydroxylation is 1. The molecule has 4 rings (SSSR count). The van der Waals surface area contributed by atoms with Crippen LogP contribution in [0.15, 0.2) is 72.8 Å². The van der Waals surface area contributed by atoms with Crippen LogP contribution in [-0.4, -0.2) is 36.4 Å². The van der Waals surface area contributed by atoms with Gasteiger partial charge in [0.15, 0.2) is 0 Å². The number of para-hydroxylation sites is 2. The van der Waals surface area contributed by atoms with Crippen molar-refractivity contribution in [3.05, 3.63) is 78.4 Å². The SMILES string of the molecule is Cl.Cl.Cl.Cl.ClCCN(CCCl)c1ccc(CCCCNc2c3ccccc3nc3ccccc23)cc1. The number of benzene rings is 3. The van der Waals surface area contributed by atoms with Crippen molar-refractivity contribution in [1.82, 2.24) is 4.98 Å². The van der Waals surface area contributed by atoms with Gasteiger partial charge in [-0.1, -0.05) is 48.5 Å². The Morgan fingerprint density at radius 2 is 1.19 bits per heavy atom. The van der Waals surface area contributed by atoms with Gasteiger partial charge in [0.05, 0.1) is 16.7 Å². The summed E-state index contributed by atoms with van der Waals surface area (Å²) >= 11 is 11.9. The number of halogens is 6. The summed E-state index contributed by atoms with van der Waals surface area (Å²) in [5.74, 6) is 1.21. The zero-order valence-electron chi connectivity index (χ0n) is 19.9. The van der Waals surface area contributed by atoms with E-state index in [-0.39, 0.29) is 49.6 Å². The standard InChI is InChI=1S/C27H29Cl2N3.4ClH/c28-16-19-32(20-17-29)22-14-12-21(13-15-22)7-5-6-18-30-27-23-8-1-3-10-25(23)31-26-11-4-2-9-24(26)27;;;;/h1-4,8-15H,5-7,16-20H2,(H,30,31);4*1H. The molecule has 0 bridgehead atoms. The fourth-order valence-electron chi connectivity index (χ4n) is 4.15. The van der Waals surface area contributed by atoms with E-state index in [1.54, 1.807) is 0 Å². The molecule has 4 aromatic rings. The van der Waals surface area contributed by atoms with Crippen molar-refractivity contribution in [3.8, 4) is 0 Å². The Bertz CT molecular complexity index is 1100. The maximum Gasteiger partial charge on any atom is 0.0730 e. The van der Waals surface area contributed by atoms with Crippen molar-refractivity contribution in [1.29, 1.82) is 0 Å². The minimum atomic E-state index is 0. The molecule has 3 nitrogen and oxygen atoms in total. The molecule has 0 aliphatic rings. The van der Waals surface area contributed by atoms with Crippen molar-refractivity contribution in [2.45, 2.75) is 19.3 Å². The van der Waals surface area contributed by atoms with E-state index in [1.165, 1.54) is 27.7 Å². The Labute approximate surface area is 249 Å². The van der Waals surface area contributed by atoms with Gasteiger partial charge in [0, 0.05) is 47.9 Å². The first-order valence-electron chi connectivity index (χ1n) is 11.3. The van der Waals surface area contributed by atoms with Gasteiger partial charge in [-0.3, -0.25) is 0 Å². The van der Waals surface area contributed by atoms with Crippen LogP contribution in [0.25, 0.3) is 21.8 Å². The number of anilines is 2. The van der Waals surface area contributed by atoms with Gasteiger partial charge < -0.3 is 10.2 Å². The molecular weight excluding hydrogens is 579 g/mol. The normalized spacial score (nSPS) is 9.94. The average Bonchev–Trinajstić information content (AvgIpc) is 2.83. The van der Waals surface area contributed by atoms with Crippen molar-refractivity contribution < 1.29 is 0 Å². The van der Waals surface area contributed by atoms with Crippen molar-refractivity contribution in [2.24, 2.45) is 0 Å². The van der Waals surface area contributed by atoms with E-state index in [1.807, 2.05) is 12.1 Å². The molecule has 0 aliphatic heterocycles. The second-order valence-corrected chi connectivity index (χ2v) is 8.69. The topological polar surface area (TPSA) is 28.2 Å². The first kappa shape index (κ1) is 34.7. The zero-order chi connectivity index (χ0) is 22.2. The molecule has 1 aromatic heterocycles. The van der Waals surface area contributed by atoms with Crippen LogP contribution >= 0.6 is 72.8 Å². The minimum absolute atomic E-state index is 0. The summed E-state index contributed by atoms with van der Waals surface area (Å²) in [5.41, 5.74) is 5.81. The highest BCUT2D eigenvalue weighted by molar-refractivity contribution is 6.18. The van der Waals surface area contributed by atoms with E-state index < -0.39 is 0 Å². The predicted molar refractivity (Wildman–Crippen MR) is 170 cm³/mol. The summed E-state index contributed by atoms with van der Waals surface area (Å²) in [6, 6.07) is 25.5. The maximum atomic E-state index is 5.93. The van der Waals surface area contributed by atoms with Gasteiger partial charge in [-0.2, -0.15) is 0 Å². The van der Waals surface area contributed by atoms with E-state index in [4.69, 9.17) is 28.2 Å². The second-order valence-electron chi connectivity index (χ2n) is 7.94. The van der Waals surface area contributed by atoms with Gasteiger partial charge >= 0.3 is 0 Å². The van der Waals surface area contributed by atoms with E-state index in [0.29, 0.717) is 11.8 Å². The molecule has 3 aromatic carbocycles.